The summed E-state index contributed by atoms with van der Waals surface area (Å²) in [6.07, 6.45) is 2.19. The van der Waals surface area contributed by atoms with E-state index in [4.69, 9.17) is 9.47 Å². The topological polar surface area (TPSA) is 50.8 Å². The Morgan fingerprint density at radius 2 is 1.96 bits per heavy atom. The predicted octanol–water partition coefficient (Wildman–Crippen LogP) is 4.22. The van der Waals surface area contributed by atoms with E-state index in [0.717, 1.165) is 42.0 Å². The van der Waals surface area contributed by atoms with Crippen LogP contribution in [0.3, 0.4) is 0 Å². The molecule has 142 valence electrons. The molecule has 0 radical (unpaired) electrons. The van der Waals surface area contributed by atoms with Crippen LogP contribution in [0, 0.1) is 0 Å². The Hall–Kier alpha value is -2.53. The van der Waals surface area contributed by atoms with Crippen LogP contribution in [0.15, 0.2) is 48.5 Å². The predicted molar refractivity (Wildman–Crippen MR) is 105 cm³/mol. The maximum Gasteiger partial charge on any atom is 0.258 e. The van der Waals surface area contributed by atoms with Gasteiger partial charge in [-0.1, -0.05) is 24.3 Å². The second-order valence-electron chi connectivity index (χ2n) is 7.41. The van der Waals surface area contributed by atoms with Crippen molar-refractivity contribution < 1.29 is 14.3 Å². The van der Waals surface area contributed by atoms with Gasteiger partial charge in [0.15, 0.2) is 0 Å². The summed E-state index contributed by atoms with van der Waals surface area (Å²) in [5, 5.41) is 3.52. The SMILES string of the molecule is CC(C)N1C(=O)c2ccccc2NC1c1ccc(OCC2CCCO2)cc1. The van der Waals surface area contributed by atoms with Crippen LogP contribution >= 0.6 is 0 Å². The minimum Gasteiger partial charge on any atom is -0.491 e. The average Bonchev–Trinajstić information content (AvgIpc) is 3.20. The third-order valence-electron chi connectivity index (χ3n) is 5.17. The first kappa shape index (κ1) is 17.9. The van der Waals surface area contributed by atoms with Gasteiger partial charge in [0.05, 0.1) is 11.7 Å². The number of fused-ring (bicyclic) bond motifs is 1. The molecule has 1 saturated heterocycles. The first-order chi connectivity index (χ1) is 13.1. The van der Waals surface area contributed by atoms with Crippen LogP contribution in [0.5, 0.6) is 5.75 Å². The highest BCUT2D eigenvalue weighted by Gasteiger charge is 2.34. The highest BCUT2D eigenvalue weighted by atomic mass is 16.5. The molecule has 2 aromatic carbocycles. The molecule has 4 rings (SSSR count). The third kappa shape index (κ3) is 3.65. The molecule has 1 fully saturated rings. The Labute approximate surface area is 160 Å². The van der Waals surface area contributed by atoms with Crippen LogP contribution in [0.4, 0.5) is 5.69 Å². The van der Waals surface area contributed by atoms with Gasteiger partial charge in [0.2, 0.25) is 0 Å². The van der Waals surface area contributed by atoms with Gasteiger partial charge >= 0.3 is 0 Å². The minimum atomic E-state index is -0.195. The Morgan fingerprint density at radius 1 is 1.19 bits per heavy atom. The van der Waals surface area contributed by atoms with E-state index in [9.17, 15) is 4.79 Å². The van der Waals surface area contributed by atoms with Gasteiger partial charge in [-0.25, -0.2) is 0 Å². The number of carbonyl (C=O) groups excluding carboxylic acids is 1. The van der Waals surface area contributed by atoms with Gasteiger partial charge in [0, 0.05) is 18.3 Å². The van der Waals surface area contributed by atoms with Crippen LogP contribution in [-0.4, -0.2) is 36.2 Å². The van der Waals surface area contributed by atoms with Crippen molar-refractivity contribution >= 4 is 11.6 Å². The molecule has 27 heavy (non-hydrogen) atoms. The van der Waals surface area contributed by atoms with E-state index in [0.29, 0.717) is 6.61 Å². The quantitative estimate of drug-likeness (QED) is 0.861. The van der Waals surface area contributed by atoms with Gasteiger partial charge in [-0.2, -0.15) is 0 Å². The number of rotatable bonds is 5. The summed E-state index contributed by atoms with van der Waals surface area (Å²) in [5.74, 6) is 0.885. The van der Waals surface area contributed by atoms with Crippen molar-refractivity contribution in [2.75, 3.05) is 18.5 Å². The largest absolute Gasteiger partial charge is 0.491 e. The molecule has 2 aliphatic heterocycles. The van der Waals surface area contributed by atoms with Gasteiger partial charge in [0.1, 0.15) is 18.5 Å². The number of hydrogen-bond donors (Lipinski definition) is 1. The highest BCUT2D eigenvalue weighted by Crippen LogP contribution is 2.34. The van der Waals surface area contributed by atoms with E-state index in [-0.39, 0.29) is 24.2 Å². The fraction of sp³-hybridized carbons (Fsp3) is 0.409. The molecular formula is C22H26N2O3. The van der Waals surface area contributed by atoms with Crippen molar-refractivity contribution in [3.8, 4) is 5.75 Å². The summed E-state index contributed by atoms with van der Waals surface area (Å²) in [6, 6.07) is 15.7. The summed E-state index contributed by atoms with van der Waals surface area (Å²) in [5.41, 5.74) is 2.64. The molecule has 5 heteroatoms. The summed E-state index contributed by atoms with van der Waals surface area (Å²) in [6.45, 7) is 5.51. The molecule has 2 aliphatic rings. The number of para-hydroxylation sites is 1. The average molecular weight is 366 g/mol. The van der Waals surface area contributed by atoms with Crippen LogP contribution in [-0.2, 0) is 4.74 Å². The van der Waals surface area contributed by atoms with Crippen LogP contribution in [0.2, 0.25) is 0 Å². The Bertz CT molecular complexity index is 797. The van der Waals surface area contributed by atoms with Gasteiger partial charge < -0.3 is 19.7 Å². The standard InChI is InChI=1S/C22H26N2O3/c1-15(2)24-21(23-20-8-4-3-7-19(20)22(24)25)16-9-11-17(12-10-16)27-14-18-6-5-13-26-18/h3-4,7-12,15,18,21,23H,5-6,13-14H2,1-2H3. The fourth-order valence-corrected chi connectivity index (χ4v) is 3.76. The summed E-state index contributed by atoms with van der Waals surface area (Å²) < 4.78 is 11.5. The number of carbonyl (C=O) groups is 1. The lowest BCUT2D eigenvalue weighted by Gasteiger charge is -2.40. The van der Waals surface area contributed by atoms with E-state index in [1.165, 1.54) is 0 Å². The molecular weight excluding hydrogens is 340 g/mol. The molecule has 2 heterocycles. The molecule has 1 amide bonds. The van der Waals surface area contributed by atoms with E-state index < -0.39 is 0 Å². The summed E-state index contributed by atoms with van der Waals surface area (Å²) >= 11 is 0. The van der Waals surface area contributed by atoms with Crippen molar-refractivity contribution in [1.29, 1.82) is 0 Å². The molecule has 0 spiro atoms. The summed E-state index contributed by atoms with van der Waals surface area (Å²) in [7, 11) is 0. The molecule has 1 N–H and O–H groups in total. The highest BCUT2D eigenvalue weighted by molar-refractivity contribution is 6.01. The maximum absolute atomic E-state index is 13.0. The normalized spacial score (nSPS) is 21.9. The van der Waals surface area contributed by atoms with E-state index in [1.54, 1.807) is 0 Å². The third-order valence-corrected chi connectivity index (χ3v) is 5.17. The number of nitrogens with one attached hydrogen (secondary N) is 1. The molecule has 0 saturated carbocycles. The Balaban J connectivity index is 1.53. The van der Waals surface area contributed by atoms with Gasteiger partial charge in [-0.15, -0.1) is 0 Å². The van der Waals surface area contributed by atoms with Crippen molar-refractivity contribution in [1.82, 2.24) is 4.90 Å². The molecule has 5 nitrogen and oxygen atoms in total. The zero-order valence-corrected chi connectivity index (χ0v) is 15.9. The van der Waals surface area contributed by atoms with Crippen molar-refractivity contribution in [3.05, 3.63) is 59.7 Å². The van der Waals surface area contributed by atoms with Crippen molar-refractivity contribution in [2.45, 2.75) is 45.0 Å². The number of amides is 1. The fourth-order valence-electron chi connectivity index (χ4n) is 3.76. The van der Waals surface area contributed by atoms with Crippen molar-refractivity contribution in [3.63, 3.8) is 0 Å². The lowest BCUT2D eigenvalue weighted by atomic mass is 10.0. The second kappa shape index (κ2) is 7.61. The Morgan fingerprint density at radius 3 is 2.67 bits per heavy atom. The number of hydrogen-bond acceptors (Lipinski definition) is 4. The molecule has 0 aliphatic carbocycles. The monoisotopic (exact) mass is 366 g/mol. The summed E-state index contributed by atoms with van der Waals surface area (Å²) in [4.78, 5) is 14.9. The van der Waals surface area contributed by atoms with Gasteiger partial charge in [-0.3, -0.25) is 4.79 Å². The van der Waals surface area contributed by atoms with E-state index in [2.05, 4.69) is 5.32 Å². The first-order valence-corrected chi connectivity index (χ1v) is 9.66. The number of anilines is 1. The lowest BCUT2D eigenvalue weighted by molar-refractivity contribution is 0.0616. The lowest BCUT2D eigenvalue weighted by Crippen LogP contribution is -2.46. The van der Waals surface area contributed by atoms with Crippen LogP contribution in [0.25, 0.3) is 0 Å². The molecule has 2 unspecified atom stereocenters. The number of nitrogens with zero attached hydrogens (tertiary/aromatic N) is 1. The zero-order chi connectivity index (χ0) is 18.8. The van der Waals surface area contributed by atoms with E-state index in [1.807, 2.05) is 67.3 Å². The van der Waals surface area contributed by atoms with Crippen molar-refractivity contribution in [2.24, 2.45) is 0 Å². The second-order valence-corrected chi connectivity index (χ2v) is 7.41. The molecule has 2 atom stereocenters. The van der Waals surface area contributed by atoms with E-state index >= 15 is 0 Å². The van der Waals surface area contributed by atoms with Crippen LogP contribution < -0.4 is 10.1 Å². The number of benzene rings is 2. The molecule has 0 bridgehead atoms. The Kier molecular flexibility index (Phi) is 5.03. The maximum atomic E-state index is 13.0. The van der Waals surface area contributed by atoms with Crippen LogP contribution in [0.1, 0.15) is 48.8 Å². The first-order valence-electron chi connectivity index (χ1n) is 9.66. The minimum absolute atomic E-state index is 0.0584. The number of ether oxygens (including phenoxy) is 2. The van der Waals surface area contributed by atoms with Gasteiger partial charge in [0.25, 0.3) is 5.91 Å². The molecule has 0 aromatic heterocycles. The molecule has 2 aromatic rings. The smallest absolute Gasteiger partial charge is 0.258 e. The van der Waals surface area contributed by atoms with Gasteiger partial charge in [-0.05, 0) is 56.5 Å². The zero-order valence-electron chi connectivity index (χ0n) is 15.9.